The molecule has 0 radical (unpaired) electrons. The van der Waals surface area contributed by atoms with E-state index in [2.05, 4.69) is 10.3 Å². The lowest BCUT2D eigenvalue weighted by atomic mass is 9.94. The smallest absolute Gasteiger partial charge is 0.227 e. The normalized spacial score (nSPS) is 12.7. The van der Waals surface area contributed by atoms with Gasteiger partial charge >= 0.3 is 0 Å². The molecule has 0 aliphatic carbocycles. The van der Waals surface area contributed by atoms with Crippen LogP contribution in [0, 0.1) is 6.92 Å². The van der Waals surface area contributed by atoms with Crippen LogP contribution in [0.3, 0.4) is 0 Å². The van der Waals surface area contributed by atoms with Gasteiger partial charge in [-0.05, 0) is 59.7 Å². The van der Waals surface area contributed by atoms with Crippen molar-refractivity contribution < 1.29 is 19.1 Å². The van der Waals surface area contributed by atoms with Crippen molar-refractivity contribution >= 4 is 23.2 Å². The van der Waals surface area contributed by atoms with Crippen molar-refractivity contribution in [3.63, 3.8) is 0 Å². The molecule has 0 saturated heterocycles. The van der Waals surface area contributed by atoms with Gasteiger partial charge in [-0.3, -0.25) is 14.6 Å². The van der Waals surface area contributed by atoms with Gasteiger partial charge in [-0.2, -0.15) is 0 Å². The van der Waals surface area contributed by atoms with Crippen molar-refractivity contribution in [2.75, 3.05) is 20.8 Å². The Hall–Kier alpha value is -3.39. The van der Waals surface area contributed by atoms with Gasteiger partial charge in [0.1, 0.15) is 11.5 Å². The molecule has 0 saturated carbocycles. The molecule has 1 N–H and O–H groups in total. The fourth-order valence-electron chi connectivity index (χ4n) is 4.29. The molecule has 8 heteroatoms. The Labute approximate surface area is 203 Å². The Bertz CT molecular complexity index is 1180. The van der Waals surface area contributed by atoms with E-state index in [1.54, 1.807) is 25.6 Å². The third-order valence-corrected chi connectivity index (χ3v) is 7.03. The van der Waals surface area contributed by atoms with Crippen molar-refractivity contribution in [1.82, 2.24) is 15.2 Å². The summed E-state index contributed by atoms with van der Waals surface area (Å²) < 4.78 is 10.7. The monoisotopic (exact) mass is 479 g/mol. The van der Waals surface area contributed by atoms with Gasteiger partial charge in [0.15, 0.2) is 0 Å². The summed E-state index contributed by atoms with van der Waals surface area (Å²) >= 11 is 1.58. The number of aromatic nitrogens is 1. The zero-order chi connectivity index (χ0) is 24.1. The molecule has 4 rings (SSSR count). The van der Waals surface area contributed by atoms with Gasteiger partial charge in [-0.1, -0.05) is 6.07 Å². The lowest BCUT2D eigenvalue weighted by Gasteiger charge is -2.31. The highest BCUT2D eigenvalue weighted by atomic mass is 32.1. The van der Waals surface area contributed by atoms with Gasteiger partial charge in [0.25, 0.3) is 0 Å². The zero-order valence-electron chi connectivity index (χ0n) is 19.7. The number of hydrogen-bond donors (Lipinski definition) is 1. The van der Waals surface area contributed by atoms with Crippen LogP contribution >= 0.6 is 11.3 Å². The van der Waals surface area contributed by atoms with Crippen molar-refractivity contribution in [2.45, 2.75) is 39.3 Å². The third-order valence-electron chi connectivity index (χ3n) is 6.15. The van der Waals surface area contributed by atoms with E-state index in [1.807, 2.05) is 53.7 Å². The molecule has 0 unspecified atom stereocenters. The lowest BCUT2D eigenvalue weighted by molar-refractivity contribution is -0.131. The van der Waals surface area contributed by atoms with E-state index < -0.39 is 0 Å². The highest BCUT2D eigenvalue weighted by molar-refractivity contribution is 7.10. The number of thiophene rings is 1. The number of pyridine rings is 1. The van der Waals surface area contributed by atoms with E-state index in [-0.39, 0.29) is 18.2 Å². The quantitative estimate of drug-likeness (QED) is 0.535. The first-order chi connectivity index (χ1) is 16.5. The van der Waals surface area contributed by atoms with Crippen LogP contribution in [0.25, 0.3) is 0 Å². The summed E-state index contributed by atoms with van der Waals surface area (Å²) in [6.07, 6.45) is 3.21. The second-order valence-electron chi connectivity index (χ2n) is 8.28. The fourth-order valence-corrected chi connectivity index (χ4v) is 4.99. The van der Waals surface area contributed by atoms with Crippen LogP contribution in [-0.4, -0.2) is 42.5 Å². The molecule has 3 heterocycles. The van der Waals surface area contributed by atoms with Crippen LogP contribution in [0.5, 0.6) is 11.5 Å². The van der Waals surface area contributed by atoms with Gasteiger partial charge in [0.05, 0.1) is 27.1 Å². The molecule has 1 aromatic carbocycles. The number of hydrogen-bond acceptors (Lipinski definition) is 6. The van der Waals surface area contributed by atoms with Crippen LogP contribution < -0.4 is 14.8 Å². The Balaban J connectivity index is 1.43. The number of nitrogens with one attached hydrogen (secondary N) is 1. The van der Waals surface area contributed by atoms with Gasteiger partial charge in [0, 0.05) is 42.0 Å². The first-order valence-electron chi connectivity index (χ1n) is 11.2. The topological polar surface area (TPSA) is 80.8 Å². The second kappa shape index (κ2) is 10.7. The third kappa shape index (κ3) is 5.39. The Kier molecular flexibility index (Phi) is 7.47. The van der Waals surface area contributed by atoms with Crippen molar-refractivity contribution in [1.29, 1.82) is 0 Å². The molecule has 1 aliphatic heterocycles. The maximum absolute atomic E-state index is 13.1. The predicted molar refractivity (Wildman–Crippen MR) is 131 cm³/mol. The van der Waals surface area contributed by atoms with E-state index in [9.17, 15) is 9.59 Å². The summed E-state index contributed by atoms with van der Waals surface area (Å²) in [5, 5.41) is 5.01. The SMILES string of the molecule is COc1ccc(OC)c(CC(=O)N2CCc3c(cnc(C)c3CNC(=O)Cc3cccs3)C2)c1. The standard InChI is InChI=1S/C26H29N3O4S/c1-17-23(15-28-25(30)13-21-5-4-10-34-21)22-8-9-29(16-19(22)14-27-17)26(31)12-18-11-20(32-2)6-7-24(18)33-3/h4-7,10-11,14H,8-9,12-13,15-16H2,1-3H3,(H,28,30). The summed E-state index contributed by atoms with van der Waals surface area (Å²) in [6, 6.07) is 9.40. The van der Waals surface area contributed by atoms with E-state index in [1.165, 1.54) is 5.56 Å². The van der Waals surface area contributed by atoms with Gasteiger partial charge in [-0.15, -0.1) is 11.3 Å². The molecular weight excluding hydrogens is 450 g/mol. The highest BCUT2D eigenvalue weighted by Gasteiger charge is 2.25. The minimum absolute atomic E-state index is 0.000645. The first kappa shape index (κ1) is 23.8. The van der Waals surface area contributed by atoms with Crippen LogP contribution in [0.2, 0.25) is 0 Å². The summed E-state index contributed by atoms with van der Waals surface area (Å²) in [6.45, 7) is 3.54. The van der Waals surface area contributed by atoms with E-state index >= 15 is 0 Å². The number of benzene rings is 1. The molecule has 2 amide bonds. The van der Waals surface area contributed by atoms with E-state index in [0.717, 1.165) is 33.7 Å². The molecule has 0 fully saturated rings. The molecule has 0 atom stereocenters. The minimum Gasteiger partial charge on any atom is -0.497 e. The average molecular weight is 480 g/mol. The largest absolute Gasteiger partial charge is 0.497 e. The van der Waals surface area contributed by atoms with Crippen molar-refractivity contribution in [2.24, 2.45) is 0 Å². The highest BCUT2D eigenvalue weighted by Crippen LogP contribution is 2.27. The predicted octanol–water partition coefficient (Wildman–Crippen LogP) is 3.46. The number of fused-ring (bicyclic) bond motifs is 1. The van der Waals surface area contributed by atoms with Crippen LogP contribution in [0.1, 0.15) is 32.8 Å². The Morgan fingerprint density at radius 2 is 2.03 bits per heavy atom. The molecular formula is C26H29N3O4S. The first-order valence-corrected chi connectivity index (χ1v) is 12.1. The van der Waals surface area contributed by atoms with Gasteiger partial charge in [-0.25, -0.2) is 0 Å². The van der Waals surface area contributed by atoms with Crippen LogP contribution in [0.15, 0.2) is 41.9 Å². The Morgan fingerprint density at radius 1 is 1.18 bits per heavy atom. The number of amides is 2. The number of nitrogens with zero attached hydrogens (tertiary/aromatic N) is 2. The number of rotatable bonds is 8. The number of aryl methyl sites for hydroxylation is 1. The number of carbonyl (C=O) groups is 2. The molecule has 178 valence electrons. The van der Waals surface area contributed by atoms with E-state index in [4.69, 9.17) is 9.47 Å². The van der Waals surface area contributed by atoms with Crippen LogP contribution in [0.4, 0.5) is 0 Å². The van der Waals surface area contributed by atoms with Crippen molar-refractivity contribution in [3.05, 3.63) is 74.7 Å². The molecule has 7 nitrogen and oxygen atoms in total. The maximum Gasteiger partial charge on any atom is 0.227 e. The molecule has 0 bridgehead atoms. The van der Waals surface area contributed by atoms with Crippen molar-refractivity contribution in [3.8, 4) is 11.5 Å². The molecule has 34 heavy (non-hydrogen) atoms. The van der Waals surface area contributed by atoms with Gasteiger partial charge in [0.2, 0.25) is 11.8 Å². The van der Waals surface area contributed by atoms with Gasteiger partial charge < -0.3 is 19.7 Å². The summed E-state index contributed by atoms with van der Waals surface area (Å²) in [4.78, 5) is 32.9. The molecule has 2 aromatic heterocycles. The Morgan fingerprint density at radius 3 is 2.76 bits per heavy atom. The molecule has 1 aliphatic rings. The summed E-state index contributed by atoms with van der Waals surface area (Å²) in [5.74, 6) is 1.39. The lowest BCUT2D eigenvalue weighted by Crippen LogP contribution is -2.38. The maximum atomic E-state index is 13.1. The minimum atomic E-state index is -0.000645. The number of ether oxygens (including phenoxy) is 2. The summed E-state index contributed by atoms with van der Waals surface area (Å²) in [5.41, 5.74) is 4.99. The fraction of sp³-hybridized carbons (Fsp3) is 0.346. The molecule has 0 spiro atoms. The zero-order valence-corrected chi connectivity index (χ0v) is 20.5. The van der Waals surface area contributed by atoms with Crippen LogP contribution in [-0.2, 0) is 41.9 Å². The van der Waals surface area contributed by atoms with E-state index in [0.29, 0.717) is 37.6 Å². The second-order valence-corrected chi connectivity index (χ2v) is 9.31. The number of methoxy groups -OCH3 is 2. The number of carbonyl (C=O) groups excluding carboxylic acids is 2. The molecule has 3 aromatic rings. The summed E-state index contributed by atoms with van der Waals surface area (Å²) in [7, 11) is 3.20. The average Bonchev–Trinajstić information content (AvgIpc) is 3.36.